The Balaban J connectivity index is 1.83. The van der Waals surface area contributed by atoms with E-state index in [9.17, 15) is 9.18 Å². The maximum absolute atomic E-state index is 12.9. The third-order valence-corrected chi connectivity index (χ3v) is 3.91. The van der Waals surface area contributed by atoms with Gasteiger partial charge in [-0.3, -0.25) is 4.79 Å². The SMILES string of the molecule is CC1Cc2ccccc2N(C(=O)Cc2ccc(F)cc2)C1. The second kappa shape index (κ2) is 5.68. The van der Waals surface area contributed by atoms with Gasteiger partial charge >= 0.3 is 0 Å². The number of amides is 1. The van der Waals surface area contributed by atoms with Crippen molar-refractivity contribution in [2.24, 2.45) is 5.92 Å². The van der Waals surface area contributed by atoms with Crippen molar-refractivity contribution in [3.05, 3.63) is 65.5 Å². The second-order valence-electron chi connectivity index (χ2n) is 5.75. The number of benzene rings is 2. The molecule has 1 amide bonds. The predicted molar refractivity (Wildman–Crippen MR) is 81.8 cm³/mol. The summed E-state index contributed by atoms with van der Waals surface area (Å²) >= 11 is 0. The van der Waals surface area contributed by atoms with Gasteiger partial charge in [-0.2, -0.15) is 0 Å². The summed E-state index contributed by atoms with van der Waals surface area (Å²) in [6.45, 7) is 2.91. The lowest BCUT2D eigenvalue weighted by Gasteiger charge is -2.33. The van der Waals surface area contributed by atoms with Gasteiger partial charge in [0.1, 0.15) is 5.82 Å². The molecule has 1 atom stereocenters. The Morgan fingerprint density at radius 2 is 1.90 bits per heavy atom. The first kappa shape index (κ1) is 13.8. The minimum Gasteiger partial charge on any atom is -0.312 e. The van der Waals surface area contributed by atoms with Crippen molar-refractivity contribution in [3.63, 3.8) is 0 Å². The summed E-state index contributed by atoms with van der Waals surface area (Å²) < 4.78 is 12.9. The van der Waals surface area contributed by atoms with Crippen LogP contribution in [0, 0.1) is 11.7 Å². The van der Waals surface area contributed by atoms with Gasteiger partial charge < -0.3 is 4.90 Å². The molecule has 0 fully saturated rings. The van der Waals surface area contributed by atoms with Crippen LogP contribution in [0.5, 0.6) is 0 Å². The number of rotatable bonds is 2. The van der Waals surface area contributed by atoms with Gasteiger partial charge in [-0.05, 0) is 41.7 Å². The Labute approximate surface area is 124 Å². The third kappa shape index (κ3) is 2.97. The number of para-hydroxylation sites is 1. The van der Waals surface area contributed by atoms with Crippen LogP contribution in [0.2, 0.25) is 0 Å². The van der Waals surface area contributed by atoms with Crippen LogP contribution in [0.3, 0.4) is 0 Å². The number of carbonyl (C=O) groups excluding carboxylic acids is 1. The van der Waals surface area contributed by atoms with Gasteiger partial charge in [-0.1, -0.05) is 37.3 Å². The summed E-state index contributed by atoms with van der Waals surface area (Å²) in [4.78, 5) is 14.5. The first-order valence-electron chi connectivity index (χ1n) is 7.26. The first-order valence-corrected chi connectivity index (χ1v) is 7.26. The van der Waals surface area contributed by atoms with Crippen LogP contribution >= 0.6 is 0 Å². The molecule has 108 valence electrons. The highest BCUT2D eigenvalue weighted by Crippen LogP contribution is 2.29. The molecule has 0 N–H and O–H groups in total. The number of fused-ring (bicyclic) bond motifs is 1. The van der Waals surface area contributed by atoms with E-state index in [2.05, 4.69) is 13.0 Å². The van der Waals surface area contributed by atoms with Gasteiger partial charge in [0, 0.05) is 12.2 Å². The van der Waals surface area contributed by atoms with Crippen molar-refractivity contribution in [2.45, 2.75) is 19.8 Å². The molecule has 2 aromatic rings. The van der Waals surface area contributed by atoms with Gasteiger partial charge in [-0.15, -0.1) is 0 Å². The number of nitrogens with zero attached hydrogens (tertiary/aromatic N) is 1. The van der Waals surface area contributed by atoms with E-state index in [4.69, 9.17) is 0 Å². The zero-order valence-corrected chi connectivity index (χ0v) is 12.1. The lowest BCUT2D eigenvalue weighted by molar-refractivity contribution is -0.118. The molecule has 0 spiro atoms. The molecule has 0 aromatic heterocycles. The normalized spacial score (nSPS) is 17.4. The summed E-state index contributed by atoms with van der Waals surface area (Å²) in [6.07, 6.45) is 1.32. The average Bonchev–Trinajstić information content (AvgIpc) is 2.48. The molecule has 0 bridgehead atoms. The Kier molecular flexibility index (Phi) is 3.74. The fraction of sp³-hybridized carbons (Fsp3) is 0.278. The topological polar surface area (TPSA) is 20.3 Å². The van der Waals surface area contributed by atoms with Crippen molar-refractivity contribution in [2.75, 3.05) is 11.4 Å². The quantitative estimate of drug-likeness (QED) is 0.824. The van der Waals surface area contributed by atoms with Crippen molar-refractivity contribution in [3.8, 4) is 0 Å². The van der Waals surface area contributed by atoms with Crippen LogP contribution in [-0.4, -0.2) is 12.5 Å². The fourth-order valence-electron chi connectivity index (χ4n) is 2.91. The van der Waals surface area contributed by atoms with Crippen LogP contribution in [0.15, 0.2) is 48.5 Å². The average molecular weight is 283 g/mol. The minimum absolute atomic E-state index is 0.0700. The Hall–Kier alpha value is -2.16. The molecule has 1 aliphatic heterocycles. The highest BCUT2D eigenvalue weighted by Gasteiger charge is 2.25. The fourth-order valence-corrected chi connectivity index (χ4v) is 2.91. The molecule has 1 aliphatic rings. The summed E-state index contributed by atoms with van der Waals surface area (Å²) in [6, 6.07) is 14.2. The molecule has 21 heavy (non-hydrogen) atoms. The van der Waals surface area contributed by atoms with Crippen LogP contribution < -0.4 is 4.90 Å². The minimum atomic E-state index is -0.275. The van der Waals surface area contributed by atoms with Gasteiger partial charge in [0.2, 0.25) is 5.91 Å². The smallest absolute Gasteiger partial charge is 0.231 e. The molecule has 0 radical (unpaired) electrons. The monoisotopic (exact) mass is 283 g/mol. The first-order chi connectivity index (χ1) is 10.1. The lowest BCUT2D eigenvalue weighted by Crippen LogP contribution is -2.40. The van der Waals surface area contributed by atoms with Gasteiger partial charge in [0.05, 0.1) is 6.42 Å². The largest absolute Gasteiger partial charge is 0.312 e. The van der Waals surface area contributed by atoms with Crippen LogP contribution in [-0.2, 0) is 17.6 Å². The van der Waals surface area contributed by atoms with Crippen molar-refractivity contribution in [1.29, 1.82) is 0 Å². The highest BCUT2D eigenvalue weighted by atomic mass is 19.1. The number of hydrogen-bond donors (Lipinski definition) is 0. The van der Waals surface area contributed by atoms with Gasteiger partial charge in [-0.25, -0.2) is 4.39 Å². The van der Waals surface area contributed by atoms with Crippen LogP contribution in [0.4, 0.5) is 10.1 Å². The summed E-state index contributed by atoms with van der Waals surface area (Å²) in [5, 5.41) is 0. The highest BCUT2D eigenvalue weighted by molar-refractivity contribution is 5.96. The summed E-state index contributed by atoms with van der Waals surface area (Å²) in [5.74, 6) is 0.251. The Morgan fingerprint density at radius 3 is 2.67 bits per heavy atom. The van der Waals surface area contributed by atoms with Gasteiger partial charge in [0.25, 0.3) is 0 Å². The van der Waals surface area contributed by atoms with Crippen molar-refractivity contribution < 1.29 is 9.18 Å². The molecule has 2 nitrogen and oxygen atoms in total. The number of hydrogen-bond acceptors (Lipinski definition) is 1. The predicted octanol–water partition coefficient (Wildman–Crippen LogP) is 3.59. The van der Waals surface area contributed by atoms with Crippen molar-refractivity contribution >= 4 is 11.6 Å². The van der Waals surface area contributed by atoms with E-state index < -0.39 is 0 Å². The van der Waals surface area contributed by atoms with E-state index in [1.165, 1.54) is 17.7 Å². The van der Waals surface area contributed by atoms with E-state index in [1.54, 1.807) is 12.1 Å². The van der Waals surface area contributed by atoms with Crippen LogP contribution in [0.1, 0.15) is 18.1 Å². The molecule has 3 rings (SSSR count). The third-order valence-electron chi connectivity index (χ3n) is 3.91. The maximum Gasteiger partial charge on any atom is 0.231 e. The molecular weight excluding hydrogens is 265 g/mol. The molecule has 0 aliphatic carbocycles. The number of halogens is 1. The standard InChI is InChI=1S/C18H18FNO/c1-13-10-15-4-2-3-5-17(15)20(12-13)18(21)11-14-6-8-16(19)9-7-14/h2-9,13H,10-12H2,1H3. The van der Waals surface area contributed by atoms with Crippen LogP contribution in [0.25, 0.3) is 0 Å². The zero-order valence-electron chi connectivity index (χ0n) is 12.1. The molecule has 0 saturated carbocycles. The van der Waals surface area contributed by atoms with E-state index in [0.29, 0.717) is 12.3 Å². The maximum atomic E-state index is 12.9. The summed E-state index contributed by atoms with van der Waals surface area (Å²) in [7, 11) is 0. The molecule has 3 heteroatoms. The zero-order chi connectivity index (χ0) is 14.8. The van der Waals surface area contributed by atoms with Crippen molar-refractivity contribution in [1.82, 2.24) is 0 Å². The molecule has 2 aromatic carbocycles. The molecule has 0 saturated heterocycles. The van der Waals surface area contributed by atoms with E-state index in [1.807, 2.05) is 23.1 Å². The van der Waals surface area contributed by atoms with E-state index in [-0.39, 0.29) is 11.7 Å². The number of anilines is 1. The van der Waals surface area contributed by atoms with E-state index >= 15 is 0 Å². The molecule has 1 heterocycles. The molecule has 1 unspecified atom stereocenters. The van der Waals surface area contributed by atoms with E-state index in [0.717, 1.165) is 24.2 Å². The lowest BCUT2D eigenvalue weighted by atomic mass is 9.93. The molecular formula is C18H18FNO. The summed E-state index contributed by atoms with van der Waals surface area (Å²) in [5.41, 5.74) is 3.09. The Bertz CT molecular complexity index is 651. The van der Waals surface area contributed by atoms with Gasteiger partial charge in [0.15, 0.2) is 0 Å². The second-order valence-corrected chi connectivity index (χ2v) is 5.75. The Morgan fingerprint density at radius 1 is 1.19 bits per heavy atom. The number of carbonyl (C=O) groups is 1.